The lowest BCUT2D eigenvalue weighted by atomic mass is 9.93. The van der Waals surface area contributed by atoms with Crippen molar-refractivity contribution in [3.8, 4) is 23.0 Å². The van der Waals surface area contributed by atoms with Gasteiger partial charge in [-0.15, -0.1) is 0 Å². The maximum absolute atomic E-state index is 14.8. The van der Waals surface area contributed by atoms with Crippen molar-refractivity contribution in [3.63, 3.8) is 0 Å². The van der Waals surface area contributed by atoms with E-state index in [-0.39, 0.29) is 23.8 Å². The van der Waals surface area contributed by atoms with Crippen LogP contribution >= 0.6 is 0 Å². The van der Waals surface area contributed by atoms with Crippen molar-refractivity contribution in [2.45, 2.75) is 25.6 Å². The highest BCUT2D eigenvalue weighted by Crippen LogP contribution is 2.30. The Kier molecular flexibility index (Phi) is 6.99. The number of fused-ring (bicyclic) bond motifs is 1. The van der Waals surface area contributed by atoms with Gasteiger partial charge in [0.15, 0.2) is 0 Å². The van der Waals surface area contributed by atoms with E-state index in [0.717, 1.165) is 23.7 Å². The Morgan fingerprint density at radius 3 is 2.64 bits per heavy atom. The summed E-state index contributed by atoms with van der Waals surface area (Å²) in [7, 11) is -0.746. The molecule has 0 amide bonds. The predicted molar refractivity (Wildman–Crippen MR) is 139 cm³/mol. The minimum atomic E-state index is -1.06. The van der Waals surface area contributed by atoms with Crippen LogP contribution in [0.3, 0.4) is 0 Å². The number of hydrogen-bond acceptors (Lipinski definition) is 3. The van der Waals surface area contributed by atoms with Crippen molar-refractivity contribution >= 4 is 27.7 Å². The first-order valence-corrected chi connectivity index (χ1v) is 13.2. The van der Waals surface area contributed by atoms with Crippen LogP contribution in [0.4, 0.5) is 4.39 Å². The van der Waals surface area contributed by atoms with E-state index in [2.05, 4.69) is 16.8 Å². The molecular formula is C29H24FNO4S. The van der Waals surface area contributed by atoms with Gasteiger partial charge in [0.05, 0.1) is 23.8 Å². The molecule has 2 heterocycles. The van der Waals surface area contributed by atoms with Crippen molar-refractivity contribution in [1.82, 2.24) is 4.98 Å². The number of halogens is 1. The fraction of sp³-hybridized carbons (Fsp3) is 0.207. The molecule has 5 rings (SSSR count). The second kappa shape index (κ2) is 10.5. The molecule has 0 atom stereocenters. The molecule has 36 heavy (non-hydrogen) atoms. The number of carboxylic acids is 1. The summed E-state index contributed by atoms with van der Waals surface area (Å²) in [5, 5.41) is 10.8. The molecule has 0 spiro atoms. The molecule has 1 aromatic heterocycles. The Morgan fingerprint density at radius 1 is 1.06 bits per heavy atom. The number of benzene rings is 3. The second-order valence-electron chi connectivity index (χ2n) is 8.74. The summed E-state index contributed by atoms with van der Waals surface area (Å²) in [4.78, 5) is 15.1. The highest BCUT2D eigenvalue weighted by Gasteiger charge is 2.19. The number of carboxylic acid groups (broad SMARTS) is 1. The number of carbonyl (C=O) groups is 1. The van der Waals surface area contributed by atoms with E-state index < -0.39 is 22.6 Å². The van der Waals surface area contributed by atoms with Crippen LogP contribution in [0.1, 0.15) is 39.9 Å². The standard InChI is InChI=1S/C29H24FNO4S/c30-26-16-19(18-35-24-11-14-36(34)15-12-24)4-5-20(26)6-8-22-2-1-3-25(29(32)33)28(22)23-9-7-21-10-13-31-27(21)17-23/h1-5,7,9-10,13,16-17,24,31H,11-12,14-15,18H2,(H,32,33). The molecule has 0 radical (unpaired) electrons. The fourth-order valence-corrected chi connectivity index (χ4v) is 5.64. The van der Waals surface area contributed by atoms with Crippen LogP contribution in [-0.4, -0.2) is 37.9 Å². The van der Waals surface area contributed by atoms with Crippen LogP contribution in [0.25, 0.3) is 22.0 Å². The van der Waals surface area contributed by atoms with Crippen LogP contribution in [0, 0.1) is 17.7 Å². The van der Waals surface area contributed by atoms with E-state index >= 15 is 0 Å². The Bertz CT molecular complexity index is 1520. The monoisotopic (exact) mass is 501 g/mol. The lowest BCUT2D eigenvalue weighted by Crippen LogP contribution is -2.25. The van der Waals surface area contributed by atoms with Gasteiger partial charge in [-0.25, -0.2) is 9.18 Å². The van der Waals surface area contributed by atoms with Crippen molar-refractivity contribution in [1.29, 1.82) is 0 Å². The third-order valence-electron chi connectivity index (χ3n) is 6.32. The molecule has 0 unspecified atom stereocenters. The van der Waals surface area contributed by atoms with Gasteiger partial charge >= 0.3 is 5.97 Å². The van der Waals surface area contributed by atoms with Crippen molar-refractivity contribution < 1.29 is 23.2 Å². The molecule has 3 aromatic carbocycles. The largest absolute Gasteiger partial charge is 0.478 e. The summed E-state index contributed by atoms with van der Waals surface area (Å²) < 4.78 is 32.2. The summed E-state index contributed by atoms with van der Waals surface area (Å²) in [6, 6.07) is 17.4. The van der Waals surface area contributed by atoms with Gasteiger partial charge in [0.2, 0.25) is 0 Å². The second-order valence-corrected chi connectivity index (χ2v) is 10.4. The normalized spacial score (nSPS) is 17.5. The smallest absolute Gasteiger partial charge is 0.336 e. The molecule has 0 bridgehead atoms. The topological polar surface area (TPSA) is 79.4 Å². The fourth-order valence-electron chi connectivity index (χ4n) is 4.39. The molecule has 1 saturated heterocycles. The van der Waals surface area contributed by atoms with Gasteiger partial charge in [-0.2, -0.15) is 0 Å². The van der Waals surface area contributed by atoms with E-state index in [1.807, 2.05) is 30.5 Å². The van der Waals surface area contributed by atoms with Gasteiger partial charge in [-0.05, 0) is 65.8 Å². The zero-order chi connectivity index (χ0) is 25.1. The van der Waals surface area contributed by atoms with Crippen LogP contribution in [0.2, 0.25) is 0 Å². The van der Waals surface area contributed by atoms with Crippen molar-refractivity contribution in [2.24, 2.45) is 0 Å². The van der Waals surface area contributed by atoms with Gasteiger partial charge in [-0.3, -0.25) is 4.21 Å². The predicted octanol–water partition coefficient (Wildman–Crippen LogP) is 5.50. The summed E-state index contributed by atoms with van der Waals surface area (Å²) in [5.41, 5.74) is 3.65. The van der Waals surface area contributed by atoms with Gasteiger partial charge < -0.3 is 14.8 Å². The summed E-state index contributed by atoms with van der Waals surface area (Å²) in [5.74, 6) is 5.65. The zero-order valence-corrected chi connectivity index (χ0v) is 20.2. The summed E-state index contributed by atoms with van der Waals surface area (Å²) in [6.07, 6.45) is 3.39. The van der Waals surface area contributed by atoms with Crippen LogP contribution < -0.4 is 0 Å². The molecule has 182 valence electrons. The molecule has 1 fully saturated rings. The maximum Gasteiger partial charge on any atom is 0.336 e. The van der Waals surface area contributed by atoms with Crippen LogP contribution in [0.5, 0.6) is 0 Å². The van der Waals surface area contributed by atoms with Crippen LogP contribution in [0.15, 0.2) is 66.9 Å². The molecular weight excluding hydrogens is 477 g/mol. The van der Waals surface area contributed by atoms with Crippen molar-refractivity contribution in [2.75, 3.05) is 11.5 Å². The molecule has 7 heteroatoms. The molecule has 5 nitrogen and oxygen atoms in total. The molecule has 1 aliphatic heterocycles. The van der Waals surface area contributed by atoms with E-state index in [9.17, 15) is 18.5 Å². The molecule has 1 aliphatic rings. The first kappa shape index (κ1) is 24.0. The minimum absolute atomic E-state index is 0.0513. The number of nitrogens with one attached hydrogen (secondary N) is 1. The maximum atomic E-state index is 14.8. The number of hydrogen-bond donors (Lipinski definition) is 2. The van der Waals surface area contributed by atoms with E-state index in [1.165, 1.54) is 6.07 Å². The third kappa shape index (κ3) is 5.25. The zero-order valence-electron chi connectivity index (χ0n) is 19.4. The molecule has 4 aromatic rings. The number of ether oxygens (including phenoxy) is 1. The van der Waals surface area contributed by atoms with Gasteiger partial charge in [0.25, 0.3) is 0 Å². The Morgan fingerprint density at radius 2 is 1.86 bits per heavy atom. The Balaban J connectivity index is 1.41. The molecule has 0 aliphatic carbocycles. The van der Waals surface area contributed by atoms with Crippen molar-refractivity contribution in [3.05, 3.63) is 94.9 Å². The van der Waals surface area contributed by atoms with Gasteiger partial charge in [-0.1, -0.05) is 36.1 Å². The Hall–Kier alpha value is -3.73. The van der Waals surface area contributed by atoms with Crippen LogP contribution in [-0.2, 0) is 22.1 Å². The highest BCUT2D eigenvalue weighted by molar-refractivity contribution is 7.85. The van der Waals surface area contributed by atoms with Gasteiger partial charge in [0, 0.05) is 45.1 Å². The first-order valence-electron chi connectivity index (χ1n) is 11.7. The number of aromatic amines is 1. The summed E-state index contributed by atoms with van der Waals surface area (Å²) in [6.45, 7) is 0.286. The number of aromatic carboxylic acids is 1. The average molecular weight is 502 g/mol. The molecule has 2 N–H and O–H groups in total. The number of rotatable bonds is 5. The SMILES string of the molecule is O=C(O)c1cccc(C#Cc2ccc(COC3CCS(=O)CC3)cc2F)c1-c1ccc2cc[nH]c2c1. The summed E-state index contributed by atoms with van der Waals surface area (Å²) >= 11 is 0. The highest BCUT2D eigenvalue weighted by atomic mass is 32.2. The van der Waals surface area contributed by atoms with E-state index in [4.69, 9.17) is 4.74 Å². The lowest BCUT2D eigenvalue weighted by molar-refractivity contribution is 0.0349. The number of aromatic nitrogens is 1. The van der Waals surface area contributed by atoms with E-state index in [0.29, 0.717) is 33.8 Å². The van der Waals surface area contributed by atoms with Gasteiger partial charge in [0.1, 0.15) is 5.82 Å². The average Bonchev–Trinajstić information content (AvgIpc) is 3.35. The first-order chi connectivity index (χ1) is 17.5. The minimum Gasteiger partial charge on any atom is -0.478 e. The third-order valence-corrected chi connectivity index (χ3v) is 7.71. The molecule has 0 saturated carbocycles. The van der Waals surface area contributed by atoms with E-state index in [1.54, 1.807) is 30.3 Å². The lowest BCUT2D eigenvalue weighted by Gasteiger charge is -2.21. The Labute approximate surface area is 210 Å². The number of H-pyrrole nitrogens is 1. The quantitative estimate of drug-likeness (QED) is 0.354.